The van der Waals surface area contributed by atoms with E-state index in [0.717, 1.165) is 23.0 Å². The van der Waals surface area contributed by atoms with E-state index in [4.69, 9.17) is 35.4 Å². The average Bonchev–Trinajstić information content (AvgIpc) is 3.25. The molecule has 0 amide bonds. The third-order valence-electron chi connectivity index (χ3n) is 4.20. The van der Waals surface area contributed by atoms with E-state index in [-0.39, 0.29) is 0 Å². The van der Waals surface area contributed by atoms with Gasteiger partial charge >= 0.3 is 0 Å². The molecule has 3 nitrogen and oxygen atoms in total. The lowest BCUT2D eigenvalue weighted by atomic mass is 10.1. The molecule has 4 rings (SSSR count). The van der Waals surface area contributed by atoms with Gasteiger partial charge in [-0.15, -0.1) is 0 Å². The maximum absolute atomic E-state index is 5.97. The van der Waals surface area contributed by atoms with Crippen LogP contribution < -0.4 is 0 Å². The van der Waals surface area contributed by atoms with Crippen LogP contribution in [0.2, 0.25) is 10.0 Å². The van der Waals surface area contributed by atoms with Gasteiger partial charge in [0.25, 0.3) is 0 Å². The summed E-state index contributed by atoms with van der Waals surface area (Å²) < 4.78 is 2.59. The Balaban J connectivity index is 1.68. The summed E-state index contributed by atoms with van der Waals surface area (Å²) >= 11 is 17.3. The van der Waals surface area contributed by atoms with Crippen molar-refractivity contribution in [2.75, 3.05) is 0 Å². The van der Waals surface area contributed by atoms with Gasteiger partial charge in [0.15, 0.2) is 4.77 Å². The first-order valence-corrected chi connectivity index (χ1v) is 8.48. The lowest BCUT2D eigenvalue weighted by Gasteiger charge is -2.07. The van der Waals surface area contributed by atoms with Crippen LogP contribution in [-0.2, 0) is 0 Å². The highest BCUT2D eigenvalue weighted by atomic mass is 35.5. The summed E-state index contributed by atoms with van der Waals surface area (Å²) in [6.45, 7) is 0. The molecule has 1 aliphatic rings. The van der Waals surface area contributed by atoms with Crippen molar-refractivity contribution in [3.8, 4) is 5.69 Å². The Labute approximate surface area is 148 Å². The first-order valence-electron chi connectivity index (χ1n) is 7.32. The highest BCUT2D eigenvalue weighted by molar-refractivity contribution is 7.71. The molecule has 2 aromatic carbocycles. The molecule has 1 saturated carbocycles. The first kappa shape index (κ1) is 14.9. The van der Waals surface area contributed by atoms with Gasteiger partial charge in [-0.1, -0.05) is 35.3 Å². The number of benzene rings is 2. The van der Waals surface area contributed by atoms with E-state index in [0.29, 0.717) is 21.6 Å². The highest BCUT2D eigenvalue weighted by Crippen LogP contribution is 2.54. The summed E-state index contributed by atoms with van der Waals surface area (Å²) in [5.74, 6) is 1.79. The van der Waals surface area contributed by atoms with Gasteiger partial charge in [0.05, 0.1) is 0 Å². The minimum absolute atomic E-state index is 0.361. The SMILES string of the molecule is S=c1[nH]nc([C@H]2C[C@@H]2c2ccc(Cl)cc2)n1-c1ccc(Cl)cc1. The largest absolute Gasteiger partial charge is 0.272 e. The van der Waals surface area contributed by atoms with Crippen molar-refractivity contribution in [1.29, 1.82) is 0 Å². The van der Waals surface area contributed by atoms with Crippen LogP contribution in [0.5, 0.6) is 0 Å². The van der Waals surface area contributed by atoms with Gasteiger partial charge in [0.1, 0.15) is 5.82 Å². The summed E-state index contributed by atoms with van der Waals surface area (Å²) in [5.41, 5.74) is 2.26. The predicted molar refractivity (Wildman–Crippen MR) is 95.3 cm³/mol. The van der Waals surface area contributed by atoms with Crippen molar-refractivity contribution in [3.63, 3.8) is 0 Å². The molecule has 1 N–H and O–H groups in total. The molecule has 0 aliphatic heterocycles. The van der Waals surface area contributed by atoms with Crippen LogP contribution in [-0.4, -0.2) is 14.8 Å². The number of aromatic amines is 1. The molecule has 1 fully saturated rings. The Morgan fingerprint density at radius 1 is 0.957 bits per heavy atom. The van der Waals surface area contributed by atoms with E-state index in [1.807, 2.05) is 41.0 Å². The maximum Gasteiger partial charge on any atom is 0.199 e. The van der Waals surface area contributed by atoms with Crippen LogP contribution in [0.1, 0.15) is 29.6 Å². The number of aromatic nitrogens is 3. The smallest absolute Gasteiger partial charge is 0.199 e. The minimum Gasteiger partial charge on any atom is -0.272 e. The Hall–Kier alpha value is -1.62. The number of rotatable bonds is 3. The summed E-state index contributed by atoms with van der Waals surface area (Å²) in [4.78, 5) is 0. The number of nitrogens with zero attached hydrogens (tertiary/aromatic N) is 2. The molecule has 1 aliphatic carbocycles. The van der Waals surface area contributed by atoms with Crippen molar-refractivity contribution >= 4 is 35.4 Å². The molecular formula is C17H13Cl2N3S. The van der Waals surface area contributed by atoms with E-state index in [9.17, 15) is 0 Å². The van der Waals surface area contributed by atoms with Crippen molar-refractivity contribution in [2.45, 2.75) is 18.3 Å². The molecule has 0 radical (unpaired) electrons. The zero-order chi connectivity index (χ0) is 16.0. The fraction of sp³-hybridized carbons (Fsp3) is 0.176. The van der Waals surface area contributed by atoms with E-state index >= 15 is 0 Å². The third kappa shape index (κ3) is 2.82. The highest BCUT2D eigenvalue weighted by Gasteiger charge is 2.43. The van der Waals surface area contributed by atoms with Gasteiger partial charge in [0, 0.05) is 21.7 Å². The van der Waals surface area contributed by atoms with Gasteiger partial charge < -0.3 is 0 Å². The van der Waals surface area contributed by atoms with Crippen LogP contribution in [0.25, 0.3) is 5.69 Å². The standard InChI is InChI=1S/C17H13Cl2N3S/c18-11-3-1-10(2-4-11)14-9-15(14)16-20-21-17(23)22(16)13-7-5-12(19)6-8-13/h1-8,14-15H,9H2,(H,21,23)/t14-,15+/m1/s1. The second kappa shape index (κ2) is 5.78. The van der Waals surface area contributed by atoms with Crippen LogP contribution in [0.4, 0.5) is 0 Å². The number of H-pyrrole nitrogens is 1. The van der Waals surface area contributed by atoms with E-state index < -0.39 is 0 Å². The summed E-state index contributed by atoms with van der Waals surface area (Å²) in [5, 5.41) is 8.83. The second-order valence-electron chi connectivity index (χ2n) is 5.70. The number of halogens is 2. The Kier molecular flexibility index (Phi) is 3.76. The normalized spacial score (nSPS) is 19.7. The molecule has 0 spiro atoms. The topological polar surface area (TPSA) is 33.6 Å². The van der Waals surface area contributed by atoms with Crippen LogP contribution in [0.3, 0.4) is 0 Å². The molecule has 6 heteroatoms. The second-order valence-corrected chi connectivity index (χ2v) is 6.96. The lowest BCUT2D eigenvalue weighted by molar-refractivity contribution is 0.846. The maximum atomic E-state index is 5.97. The molecule has 1 aromatic heterocycles. The van der Waals surface area contributed by atoms with Crippen molar-refractivity contribution < 1.29 is 0 Å². The monoisotopic (exact) mass is 361 g/mol. The summed E-state index contributed by atoms with van der Waals surface area (Å²) in [6, 6.07) is 15.7. The molecular weight excluding hydrogens is 349 g/mol. The Morgan fingerprint density at radius 2 is 1.57 bits per heavy atom. The fourth-order valence-electron chi connectivity index (χ4n) is 2.96. The minimum atomic E-state index is 0.361. The molecule has 23 heavy (non-hydrogen) atoms. The third-order valence-corrected chi connectivity index (χ3v) is 4.98. The molecule has 0 saturated heterocycles. The van der Waals surface area contributed by atoms with Crippen molar-refractivity contribution in [2.24, 2.45) is 0 Å². The van der Waals surface area contributed by atoms with Gasteiger partial charge in [-0.25, -0.2) is 0 Å². The molecule has 3 aromatic rings. The van der Waals surface area contributed by atoms with Crippen molar-refractivity contribution in [3.05, 3.63) is 74.7 Å². The first-order chi connectivity index (χ1) is 11.1. The number of nitrogens with one attached hydrogen (secondary N) is 1. The van der Waals surface area contributed by atoms with Crippen molar-refractivity contribution in [1.82, 2.24) is 14.8 Å². The summed E-state index contributed by atoms with van der Waals surface area (Å²) in [6.07, 6.45) is 1.06. The van der Waals surface area contributed by atoms with Crippen LogP contribution >= 0.6 is 35.4 Å². The molecule has 116 valence electrons. The quantitative estimate of drug-likeness (QED) is 0.624. The predicted octanol–water partition coefficient (Wildman–Crippen LogP) is 5.51. The van der Waals surface area contributed by atoms with E-state index in [1.54, 1.807) is 0 Å². The van der Waals surface area contributed by atoms with Gasteiger partial charge in [-0.3, -0.25) is 9.67 Å². The molecule has 2 atom stereocenters. The van der Waals surface area contributed by atoms with Crippen LogP contribution in [0.15, 0.2) is 48.5 Å². The molecule has 0 bridgehead atoms. The zero-order valence-corrected chi connectivity index (χ0v) is 14.4. The van der Waals surface area contributed by atoms with E-state index in [1.165, 1.54) is 5.56 Å². The Morgan fingerprint density at radius 3 is 2.22 bits per heavy atom. The average molecular weight is 362 g/mol. The number of hydrogen-bond acceptors (Lipinski definition) is 2. The number of hydrogen-bond donors (Lipinski definition) is 1. The van der Waals surface area contributed by atoms with E-state index in [2.05, 4.69) is 22.3 Å². The Bertz CT molecular complexity index is 897. The van der Waals surface area contributed by atoms with Gasteiger partial charge in [-0.2, -0.15) is 5.10 Å². The summed E-state index contributed by atoms with van der Waals surface area (Å²) in [7, 11) is 0. The molecule has 1 heterocycles. The molecule has 0 unspecified atom stereocenters. The van der Waals surface area contributed by atoms with Crippen LogP contribution in [0, 0.1) is 4.77 Å². The van der Waals surface area contributed by atoms with Gasteiger partial charge in [0.2, 0.25) is 0 Å². The zero-order valence-electron chi connectivity index (χ0n) is 12.0. The van der Waals surface area contributed by atoms with Gasteiger partial charge in [-0.05, 0) is 66.5 Å². The fourth-order valence-corrected chi connectivity index (χ4v) is 3.45. The lowest BCUT2D eigenvalue weighted by Crippen LogP contribution is -2.01.